The number of halogens is 7. The molecule has 12 heterocycles. The van der Waals surface area contributed by atoms with Crippen LogP contribution in [0.5, 0.6) is 40.6 Å². The van der Waals surface area contributed by atoms with Gasteiger partial charge in [-0.15, -0.1) is 24.0 Å². The second kappa shape index (κ2) is 39.9. The molecule has 0 saturated carbocycles. The summed E-state index contributed by atoms with van der Waals surface area (Å²) in [6, 6.07) is 61.6. The third kappa shape index (κ3) is 22.7. The quantitative estimate of drug-likeness (QED) is 0.0407. The Balaban J connectivity index is 0.000000152. The van der Waals surface area contributed by atoms with Gasteiger partial charge in [0.1, 0.15) is 51.4 Å². The lowest BCUT2D eigenvalue weighted by atomic mass is 10.2. The molecule has 540 valence electrons. The number of aromatic amines is 2. The molecule has 21 nitrogen and oxygen atoms in total. The Kier molecular flexibility index (Phi) is 29.0. The van der Waals surface area contributed by atoms with Crippen molar-refractivity contribution in [3.05, 3.63) is 342 Å². The number of nitriles is 3. The van der Waals surface area contributed by atoms with Gasteiger partial charge in [-0.2, -0.15) is 15.8 Å². The molecule has 108 heavy (non-hydrogen) atoms. The highest BCUT2D eigenvalue weighted by Crippen LogP contribution is 2.33. The number of fused-ring (bicyclic) bond motifs is 4. The molecule has 0 aliphatic rings. The monoisotopic (exact) mass is 1510 g/mol. The number of rotatable bonds is 13. The first kappa shape index (κ1) is 78.6. The van der Waals surface area contributed by atoms with E-state index >= 15 is 0 Å². The third-order valence-corrected chi connectivity index (χ3v) is 15.5. The predicted molar refractivity (Wildman–Crippen MR) is 404 cm³/mol. The minimum absolute atomic E-state index is 0. The van der Waals surface area contributed by atoms with Gasteiger partial charge in [-0.1, -0.05) is 35.9 Å². The van der Waals surface area contributed by atoms with E-state index in [4.69, 9.17) is 64.0 Å². The number of phenolic OH excluding ortho intramolecular Hbond substituents is 1. The van der Waals surface area contributed by atoms with Crippen LogP contribution < -0.4 is 19.9 Å². The van der Waals surface area contributed by atoms with E-state index in [1.54, 1.807) is 73.2 Å². The molecule has 6 N–H and O–H groups in total. The van der Waals surface area contributed by atoms with Crippen LogP contribution in [0.4, 0.5) is 17.6 Å². The average Bonchev–Trinajstić information content (AvgIpc) is 1.63. The molecule has 16 rings (SSSR count). The zero-order valence-corrected chi connectivity index (χ0v) is 59.0. The Hall–Kier alpha value is -13.6. The number of hydrogen-bond donors (Lipinski definition) is 5. The number of pyridine rings is 8. The van der Waals surface area contributed by atoms with E-state index in [1.165, 1.54) is 55.0 Å². The molecule has 0 amide bonds. The minimum Gasteiger partial charge on any atom is -0.507 e. The van der Waals surface area contributed by atoms with Crippen LogP contribution in [0.15, 0.2) is 268 Å². The third-order valence-electron chi connectivity index (χ3n) is 15.1. The highest BCUT2D eigenvalue weighted by atomic mass is 35.5. The van der Waals surface area contributed by atoms with Crippen LogP contribution in [-0.4, -0.2) is 69.2 Å². The number of aromatic hydroxyl groups is 1. The molecule has 0 radical (unpaired) electrons. The summed E-state index contributed by atoms with van der Waals surface area (Å²) in [5.74, 6) is 2.64. The Morgan fingerprint density at radius 1 is 0.444 bits per heavy atom. The van der Waals surface area contributed by atoms with Crippen LogP contribution in [0.25, 0.3) is 43.6 Å². The molecule has 0 atom stereocenters. The highest BCUT2D eigenvalue weighted by Gasteiger charge is 2.13. The maximum absolute atomic E-state index is 13.0. The van der Waals surface area contributed by atoms with E-state index in [2.05, 4.69) is 62.0 Å². The van der Waals surface area contributed by atoms with Crippen molar-refractivity contribution in [3.8, 4) is 58.8 Å². The summed E-state index contributed by atoms with van der Waals surface area (Å²) >= 11 is 10.9. The van der Waals surface area contributed by atoms with E-state index in [-0.39, 0.29) is 42.3 Å². The van der Waals surface area contributed by atoms with E-state index < -0.39 is 0 Å². The molecule has 0 aliphatic carbocycles. The summed E-state index contributed by atoms with van der Waals surface area (Å²) in [6.07, 6.45) is 18.5. The summed E-state index contributed by atoms with van der Waals surface area (Å²) < 4.78 is 71.9. The topological polar surface area (TPSA) is 310 Å². The number of aromatic nitrogens is 12. The number of aliphatic hydroxyl groups excluding tert-OH is 1. The number of nitrogens with one attached hydrogen (secondary N) is 2. The fourth-order valence-electron chi connectivity index (χ4n) is 9.91. The minimum atomic E-state index is -0.382. The number of ether oxygens (including phenoxy) is 3. The van der Waals surface area contributed by atoms with Gasteiger partial charge in [0, 0.05) is 107 Å². The molecule has 28 heteroatoms. The van der Waals surface area contributed by atoms with Crippen molar-refractivity contribution in [2.45, 2.75) is 32.1 Å². The van der Waals surface area contributed by atoms with Gasteiger partial charge >= 0.3 is 0 Å². The highest BCUT2D eigenvalue weighted by molar-refractivity contribution is 6.29. The average molecular weight is 1510 g/mol. The normalized spacial score (nSPS) is 10.2. The second-order valence-electron chi connectivity index (χ2n) is 22.3. The van der Waals surface area contributed by atoms with Crippen molar-refractivity contribution < 1.29 is 42.0 Å². The standard InChI is InChI=1S/C20H17FN4O.C20H13FN4O.C14H9N3O.C8H7NO.C6H5ClFN.C6H3ClN2.C6H6FNO.ClH/c2*21-15-4-5-16(24-12-15)13-25-9-7-17-18(25)2-1-3-19(17)26-20-10-14(11-22)6-8-23-20;15-9-10-4-6-17-14(8-10)18-13-3-1-2-12-11(13)5-7-16-12;10-8-3-1-2-7-6(8)4-5-9-7;7-3-6-2-1-5(8)4-9-6;7-6-3-5(4-8)1-2-9-6;7-5-1-2-6(4-9)8-3-5;/h1-10,12H,11,13,22H2;1-10,12H,13H2;1-8,16H;1-5,9-10H;1-2,4H,3H2;1-3H;1-3,9H,4H2;1H. The lowest BCUT2D eigenvalue weighted by Crippen LogP contribution is -2.00. The lowest BCUT2D eigenvalue weighted by molar-refractivity contribution is 0.276. The van der Waals surface area contributed by atoms with Gasteiger partial charge in [-0.05, 0) is 157 Å². The van der Waals surface area contributed by atoms with Crippen LogP contribution in [0.1, 0.15) is 45.0 Å². The summed E-state index contributed by atoms with van der Waals surface area (Å²) in [4.78, 5) is 37.8. The maximum atomic E-state index is 13.0. The van der Waals surface area contributed by atoms with E-state index in [0.29, 0.717) is 87.9 Å². The van der Waals surface area contributed by atoms with Gasteiger partial charge in [-0.25, -0.2) is 37.5 Å². The van der Waals surface area contributed by atoms with Crippen LogP contribution in [-0.2, 0) is 32.1 Å². The number of aliphatic hydroxyl groups is 1. The summed E-state index contributed by atoms with van der Waals surface area (Å²) in [6.45, 7) is 1.37. The number of alkyl halides is 1. The smallest absolute Gasteiger partial charge is 0.220 e. The van der Waals surface area contributed by atoms with Crippen LogP contribution in [0.2, 0.25) is 5.15 Å². The van der Waals surface area contributed by atoms with Crippen molar-refractivity contribution in [3.63, 3.8) is 0 Å². The number of nitrogens with two attached hydrogens (primary N) is 1. The zero-order chi connectivity index (χ0) is 75.3. The van der Waals surface area contributed by atoms with Gasteiger partial charge < -0.3 is 49.3 Å². The Labute approximate surface area is 631 Å². The fraction of sp³-hybridized carbons (Fsp3) is 0.0625. The molecular weight excluding hydrogens is 1450 g/mol. The predicted octanol–water partition coefficient (Wildman–Crippen LogP) is 18.0. The first-order valence-corrected chi connectivity index (χ1v) is 33.1. The van der Waals surface area contributed by atoms with Crippen molar-refractivity contribution >= 4 is 79.2 Å². The van der Waals surface area contributed by atoms with Gasteiger partial charge in [0.05, 0.1) is 119 Å². The molecule has 4 aromatic carbocycles. The first-order chi connectivity index (χ1) is 52.2. The molecule has 16 aromatic rings. The number of phenols is 1. The second-order valence-corrected chi connectivity index (χ2v) is 23.0. The fourth-order valence-corrected chi connectivity index (χ4v) is 10.2. The maximum Gasteiger partial charge on any atom is 0.220 e. The van der Waals surface area contributed by atoms with Crippen molar-refractivity contribution in [1.29, 1.82) is 15.8 Å². The van der Waals surface area contributed by atoms with Crippen molar-refractivity contribution in [2.24, 2.45) is 5.73 Å². The molecular formula is C80H61Cl3F4N16O5. The van der Waals surface area contributed by atoms with Crippen molar-refractivity contribution in [1.82, 2.24) is 59.0 Å². The number of H-pyrrole nitrogens is 2. The Bertz CT molecular complexity index is 5650. The summed E-state index contributed by atoms with van der Waals surface area (Å²) in [7, 11) is 0. The molecule has 0 spiro atoms. The lowest BCUT2D eigenvalue weighted by Gasteiger charge is -2.09. The molecule has 0 bridgehead atoms. The Morgan fingerprint density at radius 2 is 0.852 bits per heavy atom. The molecule has 0 fully saturated rings. The van der Waals surface area contributed by atoms with Gasteiger partial charge in [0.25, 0.3) is 0 Å². The molecule has 0 aliphatic heterocycles. The van der Waals surface area contributed by atoms with Gasteiger partial charge in [0.2, 0.25) is 17.6 Å². The zero-order valence-electron chi connectivity index (χ0n) is 56.6. The summed E-state index contributed by atoms with van der Waals surface area (Å²) in [5, 5.41) is 47.9. The molecule has 0 saturated heterocycles. The van der Waals surface area contributed by atoms with Crippen LogP contribution in [0.3, 0.4) is 0 Å². The van der Waals surface area contributed by atoms with Gasteiger partial charge in [0.15, 0.2) is 0 Å². The number of nitrogens with zero attached hydrogens (tertiary/aromatic N) is 13. The van der Waals surface area contributed by atoms with E-state index in [1.807, 2.05) is 143 Å². The largest absolute Gasteiger partial charge is 0.507 e. The molecule has 0 unspecified atom stereocenters. The van der Waals surface area contributed by atoms with Gasteiger partial charge in [-0.3, -0.25) is 19.9 Å². The van der Waals surface area contributed by atoms with Crippen LogP contribution in [0, 0.1) is 57.3 Å². The van der Waals surface area contributed by atoms with Crippen LogP contribution >= 0.6 is 35.6 Å². The first-order valence-electron chi connectivity index (χ1n) is 32.2. The summed E-state index contributed by atoms with van der Waals surface area (Å²) in [5.41, 5.74) is 14.9. The van der Waals surface area contributed by atoms with E-state index in [9.17, 15) is 22.7 Å². The molecule has 12 aromatic heterocycles. The number of hydrogen-bond acceptors (Lipinski definition) is 17. The SMILES string of the molecule is Cl.Fc1ccc(CCl)nc1.N#Cc1ccnc(Cl)c1.N#Cc1ccnc(Oc2cccc3[nH]ccc23)c1.N#Cc1ccnc(Oc2cccc3c2ccn3Cc2ccc(F)cn2)c1.NCc1ccnc(Oc2cccc3c2ccn3Cc2ccc(F)cn2)c1.OCc1ccc(F)cn1.Oc1cccc2[nH]ccc12. The Morgan fingerprint density at radius 3 is 1.28 bits per heavy atom. The van der Waals surface area contributed by atoms with Crippen molar-refractivity contribution in [2.75, 3.05) is 0 Å². The number of benzene rings is 4. The van der Waals surface area contributed by atoms with E-state index in [0.717, 1.165) is 84.5 Å².